The van der Waals surface area contributed by atoms with Crippen LogP contribution in [0.4, 0.5) is 26.3 Å². The lowest BCUT2D eigenvalue weighted by Crippen LogP contribution is -2.44. The number of benzene rings is 2. The summed E-state index contributed by atoms with van der Waals surface area (Å²) >= 11 is 0. The van der Waals surface area contributed by atoms with Gasteiger partial charge in [0.15, 0.2) is 0 Å². The molecule has 2 aromatic carbocycles. The maximum Gasteiger partial charge on any atom is 0.423 e. The van der Waals surface area contributed by atoms with Crippen LogP contribution < -0.4 is 4.74 Å². The van der Waals surface area contributed by atoms with Crippen LogP contribution in [0.2, 0.25) is 0 Å². The summed E-state index contributed by atoms with van der Waals surface area (Å²) in [6.45, 7) is 2.44. The van der Waals surface area contributed by atoms with Crippen molar-refractivity contribution in [2.75, 3.05) is 6.61 Å². The second kappa shape index (κ2) is 10.8. The molecule has 1 aliphatic carbocycles. The summed E-state index contributed by atoms with van der Waals surface area (Å²) in [6.07, 6.45) is -14.0. The van der Waals surface area contributed by atoms with Gasteiger partial charge in [-0.05, 0) is 35.6 Å². The van der Waals surface area contributed by atoms with Crippen LogP contribution in [0.15, 0.2) is 66.7 Å². The summed E-state index contributed by atoms with van der Waals surface area (Å²) < 4.78 is 90.5. The van der Waals surface area contributed by atoms with Gasteiger partial charge in [-0.2, -0.15) is 31.6 Å². The lowest BCUT2D eigenvalue weighted by Gasteiger charge is -2.22. The Bertz CT molecular complexity index is 1140. The van der Waals surface area contributed by atoms with E-state index in [0.29, 0.717) is 17.1 Å². The van der Waals surface area contributed by atoms with Crippen LogP contribution >= 0.6 is 0 Å². The van der Waals surface area contributed by atoms with Crippen LogP contribution in [0.3, 0.4) is 0 Å². The van der Waals surface area contributed by atoms with E-state index in [2.05, 4.69) is 4.74 Å². The van der Waals surface area contributed by atoms with Gasteiger partial charge in [-0.3, -0.25) is 4.79 Å². The van der Waals surface area contributed by atoms with Gasteiger partial charge in [-0.1, -0.05) is 56.3 Å². The van der Waals surface area contributed by atoms with Crippen LogP contribution in [0.5, 0.6) is 11.5 Å². The zero-order valence-electron chi connectivity index (χ0n) is 19.7. The minimum Gasteiger partial charge on any atom is -0.457 e. The van der Waals surface area contributed by atoms with Crippen LogP contribution in [0.1, 0.15) is 25.5 Å². The molecule has 0 unspecified atom stereocenters. The Morgan fingerprint density at radius 3 is 2.24 bits per heavy atom. The molecular formula is C26H23F6NO4. The van der Waals surface area contributed by atoms with Gasteiger partial charge in [0.2, 0.25) is 12.2 Å². The van der Waals surface area contributed by atoms with Crippen molar-refractivity contribution in [3.8, 4) is 17.6 Å². The molecule has 0 radical (unpaired) electrons. The van der Waals surface area contributed by atoms with E-state index in [9.17, 15) is 36.4 Å². The highest BCUT2D eigenvalue weighted by Gasteiger charge is 2.62. The maximum atomic E-state index is 12.8. The standard InChI is InChI=1S/C26H23F6NO4/c1-24(2)19(12-7-13-35-23(25(27,28)29)26(30,31)32)21(24)22(34)37-20(15-33)16-8-6-11-18(14-16)36-17-9-4-3-5-10-17/h3-12,14,19-21,23H,13H2,1-2H3/t19-,20+,21-/m0/s1. The van der Waals surface area contributed by atoms with Gasteiger partial charge >= 0.3 is 18.3 Å². The topological polar surface area (TPSA) is 68.6 Å². The average Bonchev–Trinajstić information content (AvgIpc) is 3.36. The van der Waals surface area contributed by atoms with Crippen molar-refractivity contribution in [2.24, 2.45) is 17.3 Å². The van der Waals surface area contributed by atoms with Crippen molar-refractivity contribution >= 4 is 5.97 Å². The normalized spacial score (nSPS) is 19.9. The smallest absolute Gasteiger partial charge is 0.423 e. The SMILES string of the molecule is CC1(C)[C@H](C(=O)O[C@H](C#N)c2cccc(Oc3ccccc3)c2)[C@@H]1C=CCOC(C(F)(F)F)C(F)(F)F. The Labute approximate surface area is 209 Å². The van der Waals surface area contributed by atoms with E-state index in [1.54, 1.807) is 62.4 Å². The molecule has 0 spiro atoms. The molecule has 0 aliphatic heterocycles. The molecule has 11 heteroatoms. The minimum atomic E-state index is -5.60. The van der Waals surface area contributed by atoms with E-state index in [-0.39, 0.29) is 0 Å². The number of alkyl halides is 6. The summed E-state index contributed by atoms with van der Waals surface area (Å²) in [5.41, 5.74) is -0.312. The molecule has 1 saturated carbocycles. The molecule has 198 valence electrons. The highest BCUT2D eigenvalue weighted by atomic mass is 19.4. The fraction of sp³-hybridized carbons (Fsp3) is 0.385. The summed E-state index contributed by atoms with van der Waals surface area (Å²) in [5, 5.41) is 9.58. The van der Waals surface area contributed by atoms with Crippen molar-refractivity contribution < 1.29 is 45.3 Å². The Morgan fingerprint density at radius 1 is 1.03 bits per heavy atom. The molecule has 0 heterocycles. The lowest BCUT2D eigenvalue weighted by atomic mass is 10.1. The largest absolute Gasteiger partial charge is 0.457 e. The van der Waals surface area contributed by atoms with Crippen LogP contribution in [-0.4, -0.2) is 31.0 Å². The molecule has 0 aromatic heterocycles. The number of nitriles is 1. The number of hydrogen-bond acceptors (Lipinski definition) is 5. The molecule has 0 amide bonds. The summed E-state index contributed by atoms with van der Waals surface area (Å²) in [5.74, 6) is -0.996. The molecule has 37 heavy (non-hydrogen) atoms. The van der Waals surface area contributed by atoms with Crippen molar-refractivity contribution in [3.63, 3.8) is 0 Å². The van der Waals surface area contributed by atoms with Crippen molar-refractivity contribution in [3.05, 3.63) is 72.3 Å². The highest BCUT2D eigenvalue weighted by Crippen LogP contribution is 2.59. The number of halogens is 6. The molecule has 0 saturated heterocycles. The maximum absolute atomic E-state index is 12.8. The molecule has 5 nitrogen and oxygen atoms in total. The van der Waals surface area contributed by atoms with Gasteiger partial charge in [0, 0.05) is 5.56 Å². The Balaban J connectivity index is 1.61. The molecule has 1 fully saturated rings. The second-order valence-electron chi connectivity index (χ2n) is 8.98. The molecule has 2 aromatic rings. The summed E-state index contributed by atoms with van der Waals surface area (Å²) in [6, 6.07) is 17.2. The summed E-state index contributed by atoms with van der Waals surface area (Å²) in [4.78, 5) is 12.8. The van der Waals surface area contributed by atoms with Crippen LogP contribution in [0, 0.1) is 28.6 Å². The van der Waals surface area contributed by atoms with Gasteiger partial charge in [0.05, 0.1) is 12.5 Å². The van der Waals surface area contributed by atoms with E-state index >= 15 is 0 Å². The first-order valence-electron chi connectivity index (χ1n) is 11.1. The van der Waals surface area contributed by atoms with Crippen molar-refractivity contribution in [1.29, 1.82) is 5.26 Å². The van der Waals surface area contributed by atoms with Crippen molar-refractivity contribution in [2.45, 2.75) is 38.4 Å². The lowest BCUT2D eigenvalue weighted by molar-refractivity contribution is -0.319. The van der Waals surface area contributed by atoms with E-state index in [1.807, 2.05) is 12.1 Å². The number of allylic oxidation sites excluding steroid dienone is 1. The van der Waals surface area contributed by atoms with E-state index in [0.717, 1.165) is 6.08 Å². The first-order valence-corrected chi connectivity index (χ1v) is 11.1. The Hall–Kier alpha value is -3.52. The Kier molecular flexibility index (Phi) is 8.22. The first kappa shape index (κ1) is 28.1. The molecular weight excluding hydrogens is 504 g/mol. The third-order valence-corrected chi connectivity index (χ3v) is 5.95. The van der Waals surface area contributed by atoms with Gasteiger partial charge in [0.1, 0.15) is 17.6 Å². The fourth-order valence-electron chi connectivity index (χ4n) is 3.94. The summed E-state index contributed by atoms with van der Waals surface area (Å²) in [7, 11) is 0. The predicted octanol–water partition coefficient (Wildman–Crippen LogP) is 6.92. The Morgan fingerprint density at radius 2 is 1.65 bits per heavy atom. The number of carbonyl (C=O) groups is 1. The molecule has 0 bridgehead atoms. The van der Waals surface area contributed by atoms with E-state index in [1.165, 1.54) is 6.08 Å². The monoisotopic (exact) mass is 527 g/mol. The van der Waals surface area contributed by atoms with Crippen LogP contribution in [-0.2, 0) is 14.3 Å². The number of rotatable bonds is 9. The number of nitrogens with zero attached hydrogens (tertiary/aromatic N) is 1. The van der Waals surface area contributed by atoms with Crippen LogP contribution in [0.25, 0.3) is 0 Å². The predicted molar refractivity (Wildman–Crippen MR) is 119 cm³/mol. The number of esters is 1. The molecule has 3 atom stereocenters. The average molecular weight is 527 g/mol. The van der Waals surface area contributed by atoms with E-state index in [4.69, 9.17) is 9.47 Å². The van der Waals surface area contributed by atoms with E-state index < -0.39 is 54.4 Å². The van der Waals surface area contributed by atoms with Gasteiger partial charge in [-0.25, -0.2) is 0 Å². The van der Waals surface area contributed by atoms with Gasteiger partial charge in [-0.15, -0.1) is 0 Å². The fourth-order valence-corrected chi connectivity index (χ4v) is 3.94. The van der Waals surface area contributed by atoms with Gasteiger partial charge < -0.3 is 14.2 Å². The third kappa shape index (κ3) is 7.04. The minimum absolute atomic E-state index is 0.369. The zero-order chi connectivity index (χ0) is 27.4. The van der Waals surface area contributed by atoms with Crippen molar-refractivity contribution in [1.82, 2.24) is 0 Å². The molecule has 3 rings (SSSR count). The first-order chi connectivity index (χ1) is 17.2. The number of para-hydroxylation sites is 1. The second-order valence-corrected chi connectivity index (χ2v) is 8.98. The zero-order valence-corrected chi connectivity index (χ0v) is 19.7. The number of carbonyl (C=O) groups excluding carboxylic acids is 1. The highest BCUT2D eigenvalue weighted by molar-refractivity contribution is 5.78. The number of ether oxygens (including phenoxy) is 3. The van der Waals surface area contributed by atoms with Gasteiger partial charge in [0.25, 0.3) is 0 Å². The molecule has 1 aliphatic rings. The third-order valence-electron chi connectivity index (χ3n) is 5.95. The number of hydrogen-bond donors (Lipinski definition) is 0. The quantitative estimate of drug-likeness (QED) is 0.201. The molecule has 0 N–H and O–H groups in total.